The number of hydrogen-bond acceptors (Lipinski definition) is 4. The second-order valence-electron chi connectivity index (χ2n) is 7.45. The summed E-state index contributed by atoms with van der Waals surface area (Å²) in [6.07, 6.45) is 3.80. The number of para-hydroxylation sites is 1. The lowest BCUT2D eigenvalue weighted by atomic mass is 10.1. The molecule has 1 atom stereocenters. The van der Waals surface area contributed by atoms with Crippen molar-refractivity contribution in [2.24, 2.45) is 10.9 Å². The molecule has 1 aliphatic heterocycles. The Kier molecular flexibility index (Phi) is 5.45. The first-order valence-electron chi connectivity index (χ1n) is 9.91. The van der Waals surface area contributed by atoms with E-state index in [1.165, 1.54) is 24.6 Å². The lowest BCUT2D eigenvalue weighted by molar-refractivity contribution is -0.128. The van der Waals surface area contributed by atoms with Gasteiger partial charge < -0.3 is 9.64 Å². The summed E-state index contributed by atoms with van der Waals surface area (Å²) in [7, 11) is 3.31. The van der Waals surface area contributed by atoms with Crippen molar-refractivity contribution in [3.63, 3.8) is 0 Å². The van der Waals surface area contributed by atoms with Crippen LogP contribution in [0.5, 0.6) is 0 Å². The molecule has 6 heteroatoms. The van der Waals surface area contributed by atoms with Gasteiger partial charge in [-0.05, 0) is 48.6 Å². The Hall–Kier alpha value is -2.99. The fourth-order valence-corrected chi connectivity index (χ4v) is 3.66. The van der Waals surface area contributed by atoms with E-state index < -0.39 is 5.92 Å². The molecule has 0 N–H and O–H groups in total. The van der Waals surface area contributed by atoms with Crippen LogP contribution in [0.1, 0.15) is 24.3 Å². The maximum Gasteiger partial charge on any atom is 0.249 e. The number of methoxy groups -OCH3 is 1. The number of benzene rings is 2. The van der Waals surface area contributed by atoms with Gasteiger partial charge in [0.1, 0.15) is 0 Å². The first-order chi connectivity index (χ1) is 14.1. The SMILES string of the molecule is COCCN=CC1C(=O)N(C)c2ccc(C3CC3)cc2N(c2ccccc2)C1=O. The number of hydrogen-bond donors (Lipinski definition) is 0. The Morgan fingerprint density at radius 3 is 2.52 bits per heavy atom. The summed E-state index contributed by atoms with van der Waals surface area (Å²) in [6, 6.07) is 15.6. The van der Waals surface area contributed by atoms with Crippen molar-refractivity contribution in [1.82, 2.24) is 0 Å². The molecule has 2 aromatic carbocycles. The van der Waals surface area contributed by atoms with E-state index in [1.807, 2.05) is 36.4 Å². The molecule has 0 spiro atoms. The second kappa shape index (κ2) is 8.17. The zero-order valence-corrected chi connectivity index (χ0v) is 16.7. The fraction of sp³-hybridized carbons (Fsp3) is 0.348. The highest BCUT2D eigenvalue weighted by molar-refractivity contribution is 6.26. The summed E-state index contributed by atoms with van der Waals surface area (Å²) in [4.78, 5) is 34.2. The van der Waals surface area contributed by atoms with Gasteiger partial charge in [0, 0.05) is 26.1 Å². The van der Waals surface area contributed by atoms with E-state index in [-0.39, 0.29) is 11.8 Å². The third-order valence-corrected chi connectivity index (χ3v) is 5.43. The van der Waals surface area contributed by atoms with Crippen LogP contribution in [0.4, 0.5) is 17.1 Å². The number of fused-ring (bicyclic) bond motifs is 1. The van der Waals surface area contributed by atoms with Crippen molar-refractivity contribution in [2.45, 2.75) is 18.8 Å². The number of amides is 2. The maximum absolute atomic E-state index is 13.6. The topological polar surface area (TPSA) is 62.2 Å². The fourth-order valence-electron chi connectivity index (χ4n) is 3.66. The van der Waals surface area contributed by atoms with Gasteiger partial charge in [0.25, 0.3) is 0 Å². The molecule has 0 radical (unpaired) electrons. The Morgan fingerprint density at radius 1 is 1.07 bits per heavy atom. The quantitative estimate of drug-likeness (QED) is 0.430. The average Bonchev–Trinajstić information content (AvgIpc) is 3.59. The summed E-state index contributed by atoms with van der Waals surface area (Å²) < 4.78 is 5.01. The second-order valence-corrected chi connectivity index (χ2v) is 7.45. The number of ether oxygens (including phenoxy) is 1. The van der Waals surface area contributed by atoms with Crippen molar-refractivity contribution < 1.29 is 14.3 Å². The molecule has 0 saturated heterocycles. The number of carbonyl (C=O) groups excluding carboxylic acids is 2. The Labute approximate surface area is 170 Å². The molecule has 0 aromatic heterocycles. The van der Waals surface area contributed by atoms with Crippen molar-refractivity contribution in [3.8, 4) is 0 Å². The summed E-state index contributed by atoms with van der Waals surface area (Å²) in [5.41, 5.74) is 3.43. The highest BCUT2D eigenvalue weighted by Gasteiger charge is 2.39. The molecule has 29 heavy (non-hydrogen) atoms. The van der Waals surface area contributed by atoms with Gasteiger partial charge in [-0.25, -0.2) is 0 Å². The molecular weight excluding hydrogens is 366 g/mol. The van der Waals surface area contributed by atoms with Crippen LogP contribution in [0.3, 0.4) is 0 Å². The smallest absolute Gasteiger partial charge is 0.249 e. The zero-order chi connectivity index (χ0) is 20.4. The van der Waals surface area contributed by atoms with Gasteiger partial charge in [0.05, 0.1) is 24.5 Å². The van der Waals surface area contributed by atoms with Gasteiger partial charge >= 0.3 is 0 Å². The van der Waals surface area contributed by atoms with E-state index in [4.69, 9.17) is 4.74 Å². The third kappa shape index (κ3) is 3.80. The molecule has 4 rings (SSSR count). The summed E-state index contributed by atoms with van der Waals surface area (Å²) in [5, 5.41) is 0. The van der Waals surface area contributed by atoms with Gasteiger partial charge in [-0.1, -0.05) is 24.3 Å². The number of rotatable bonds is 6. The van der Waals surface area contributed by atoms with Crippen LogP contribution >= 0.6 is 0 Å². The summed E-state index contributed by atoms with van der Waals surface area (Å²) in [5.74, 6) is -1.01. The molecule has 1 fully saturated rings. The van der Waals surface area contributed by atoms with E-state index in [0.717, 1.165) is 17.1 Å². The van der Waals surface area contributed by atoms with Crippen LogP contribution in [-0.4, -0.2) is 45.3 Å². The zero-order valence-electron chi connectivity index (χ0n) is 16.7. The molecule has 0 bridgehead atoms. The molecular formula is C23H25N3O3. The van der Waals surface area contributed by atoms with Crippen LogP contribution in [-0.2, 0) is 14.3 Å². The van der Waals surface area contributed by atoms with Gasteiger partial charge in [-0.2, -0.15) is 0 Å². The molecule has 1 saturated carbocycles. The molecule has 150 valence electrons. The van der Waals surface area contributed by atoms with Crippen LogP contribution in [0.25, 0.3) is 0 Å². The molecule has 1 aliphatic carbocycles. The molecule has 2 aliphatic rings. The third-order valence-electron chi connectivity index (χ3n) is 5.43. The highest BCUT2D eigenvalue weighted by atomic mass is 16.5. The Bertz CT molecular complexity index is 938. The van der Waals surface area contributed by atoms with Crippen molar-refractivity contribution in [1.29, 1.82) is 0 Å². The van der Waals surface area contributed by atoms with Crippen molar-refractivity contribution in [2.75, 3.05) is 37.1 Å². The lowest BCUT2D eigenvalue weighted by Gasteiger charge is -2.25. The predicted molar refractivity (Wildman–Crippen MR) is 114 cm³/mol. The number of carbonyl (C=O) groups is 2. The molecule has 6 nitrogen and oxygen atoms in total. The standard InChI is InChI=1S/C23H25N3O3/c1-25-20-11-10-17(16-8-9-16)14-21(20)26(18-6-4-3-5-7-18)23(28)19(22(25)27)15-24-12-13-29-2/h3-7,10-11,14-16,19H,8-9,12-13H2,1-2H3. The van der Waals surface area contributed by atoms with Crippen molar-refractivity contribution in [3.05, 3.63) is 54.1 Å². The van der Waals surface area contributed by atoms with Gasteiger partial charge in [0.15, 0.2) is 5.92 Å². The molecule has 1 unspecified atom stereocenters. The van der Waals surface area contributed by atoms with E-state index in [2.05, 4.69) is 17.1 Å². The van der Waals surface area contributed by atoms with E-state index in [1.54, 1.807) is 24.0 Å². The van der Waals surface area contributed by atoms with Crippen molar-refractivity contribution >= 4 is 35.1 Å². The number of aliphatic imine (C=N–C) groups is 1. The first kappa shape index (κ1) is 19.3. The highest BCUT2D eigenvalue weighted by Crippen LogP contribution is 2.45. The minimum Gasteiger partial charge on any atom is -0.383 e. The monoisotopic (exact) mass is 391 g/mol. The van der Waals surface area contributed by atoms with E-state index in [0.29, 0.717) is 19.1 Å². The van der Waals surface area contributed by atoms with Crippen LogP contribution in [0.15, 0.2) is 53.5 Å². The Morgan fingerprint density at radius 2 is 1.83 bits per heavy atom. The van der Waals surface area contributed by atoms with Gasteiger partial charge in [0.2, 0.25) is 11.8 Å². The maximum atomic E-state index is 13.6. The first-order valence-corrected chi connectivity index (χ1v) is 9.91. The summed E-state index contributed by atoms with van der Waals surface area (Å²) in [6.45, 7) is 0.843. The van der Waals surface area contributed by atoms with E-state index in [9.17, 15) is 9.59 Å². The van der Waals surface area contributed by atoms with Gasteiger partial charge in [-0.3, -0.25) is 19.5 Å². The Balaban J connectivity index is 1.81. The van der Waals surface area contributed by atoms with E-state index >= 15 is 0 Å². The van der Waals surface area contributed by atoms with Crippen LogP contribution in [0, 0.1) is 5.92 Å². The lowest BCUT2D eigenvalue weighted by Crippen LogP contribution is -2.40. The summed E-state index contributed by atoms with van der Waals surface area (Å²) >= 11 is 0. The molecule has 2 amide bonds. The minimum atomic E-state index is -0.978. The normalized spacial score (nSPS) is 19.6. The number of anilines is 3. The number of nitrogens with zero attached hydrogens (tertiary/aromatic N) is 3. The predicted octanol–water partition coefficient (Wildman–Crippen LogP) is 3.54. The molecule has 2 aromatic rings. The van der Waals surface area contributed by atoms with Crippen LogP contribution < -0.4 is 9.80 Å². The van der Waals surface area contributed by atoms with Crippen LogP contribution in [0.2, 0.25) is 0 Å². The molecule has 1 heterocycles. The largest absolute Gasteiger partial charge is 0.383 e. The minimum absolute atomic E-state index is 0.282. The van der Waals surface area contributed by atoms with Gasteiger partial charge in [-0.15, -0.1) is 0 Å². The average molecular weight is 391 g/mol.